The fourth-order valence-electron chi connectivity index (χ4n) is 3.35. The van der Waals surface area contributed by atoms with Gasteiger partial charge >= 0.3 is 6.18 Å². The Labute approximate surface area is 213 Å². The van der Waals surface area contributed by atoms with Gasteiger partial charge in [-0.25, -0.2) is 5.48 Å². The van der Waals surface area contributed by atoms with E-state index in [-0.39, 0.29) is 18.5 Å². The summed E-state index contributed by atoms with van der Waals surface area (Å²) in [7, 11) is 2.59. The van der Waals surface area contributed by atoms with Crippen molar-refractivity contribution >= 4 is 17.7 Å². The normalized spacial score (nSPS) is 12.5. The predicted molar refractivity (Wildman–Crippen MR) is 130 cm³/mol. The highest BCUT2D eigenvalue weighted by molar-refractivity contribution is 6.12. The van der Waals surface area contributed by atoms with Crippen molar-refractivity contribution in [3.63, 3.8) is 0 Å². The molecular formula is C26H29F3N4O4. The minimum atomic E-state index is -4.14. The summed E-state index contributed by atoms with van der Waals surface area (Å²) in [5.74, 6) is 3.52. The van der Waals surface area contributed by atoms with Gasteiger partial charge in [-0.1, -0.05) is 24.0 Å². The molecule has 0 unspecified atom stereocenters. The average molecular weight is 519 g/mol. The van der Waals surface area contributed by atoms with Gasteiger partial charge in [-0.15, -0.1) is 0 Å². The van der Waals surface area contributed by atoms with Gasteiger partial charge in [0.05, 0.1) is 0 Å². The summed E-state index contributed by atoms with van der Waals surface area (Å²) in [6.07, 6.45) is -4.92. The number of carbonyl (C=O) groups excluding carboxylic acids is 3. The number of nitrogens with one attached hydrogen (secondary N) is 3. The first kappa shape index (κ1) is 29.4. The first-order valence-corrected chi connectivity index (χ1v) is 11.4. The van der Waals surface area contributed by atoms with Crippen LogP contribution in [0.2, 0.25) is 0 Å². The highest BCUT2D eigenvalue weighted by Gasteiger charge is 2.47. The van der Waals surface area contributed by atoms with E-state index in [2.05, 4.69) is 22.5 Å². The van der Waals surface area contributed by atoms with E-state index in [0.29, 0.717) is 12.1 Å². The Morgan fingerprint density at radius 1 is 0.946 bits per heavy atom. The SMILES string of the molecule is CNC(=O)[C@@](C)(C(=O)NO)N(C)C(=O)c1ccc(C#Cc2ccc(CNCCCC(F)(F)F)cc2)cc1. The van der Waals surface area contributed by atoms with Crippen LogP contribution >= 0.6 is 0 Å². The van der Waals surface area contributed by atoms with Gasteiger partial charge in [0, 0.05) is 43.8 Å². The summed E-state index contributed by atoms with van der Waals surface area (Å²) in [4.78, 5) is 38.3. The highest BCUT2D eigenvalue weighted by Crippen LogP contribution is 2.21. The van der Waals surface area contributed by atoms with Crippen molar-refractivity contribution in [3.8, 4) is 11.8 Å². The number of rotatable bonds is 9. The lowest BCUT2D eigenvalue weighted by Crippen LogP contribution is -2.64. The van der Waals surface area contributed by atoms with Gasteiger partial charge in [0.2, 0.25) is 0 Å². The Morgan fingerprint density at radius 3 is 1.97 bits per heavy atom. The fourth-order valence-corrected chi connectivity index (χ4v) is 3.35. The zero-order chi connectivity index (χ0) is 27.6. The molecular weight excluding hydrogens is 489 g/mol. The highest BCUT2D eigenvalue weighted by atomic mass is 19.4. The lowest BCUT2D eigenvalue weighted by atomic mass is 9.96. The fraction of sp³-hybridized carbons (Fsp3) is 0.346. The van der Waals surface area contributed by atoms with E-state index in [1.807, 2.05) is 12.1 Å². The zero-order valence-electron chi connectivity index (χ0n) is 20.7. The van der Waals surface area contributed by atoms with Crippen LogP contribution in [0.15, 0.2) is 48.5 Å². The van der Waals surface area contributed by atoms with Crippen LogP contribution in [0.25, 0.3) is 0 Å². The quantitative estimate of drug-likeness (QED) is 0.134. The van der Waals surface area contributed by atoms with Crippen LogP contribution < -0.4 is 16.1 Å². The van der Waals surface area contributed by atoms with E-state index in [9.17, 15) is 27.6 Å². The van der Waals surface area contributed by atoms with Gasteiger partial charge < -0.3 is 15.5 Å². The van der Waals surface area contributed by atoms with Crippen LogP contribution in [-0.4, -0.2) is 60.2 Å². The molecule has 4 N–H and O–H groups in total. The van der Waals surface area contributed by atoms with Crippen molar-refractivity contribution < 1.29 is 32.8 Å². The number of amides is 3. The lowest BCUT2D eigenvalue weighted by Gasteiger charge is -2.34. The van der Waals surface area contributed by atoms with Crippen molar-refractivity contribution in [1.82, 2.24) is 21.0 Å². The number of alkyl halides is 3. The molecule has 0 fully saturated rings. The smallest absolute Gasteiger partial charge is 0.357 e. The van der Waals surface area contributed by atoms with Crippen LogP contribution in [0.3, 0.4) is 0 Å². The van der Waals surface area contributed by atoms with E-state index in [1.165, 1.54) is 38.6 Å². The standard InChI is InChI=1S/C26H29F3N4O4/c1-25(23(35)30-2,24(36)32-37)33(3)22(34)21-13-11-19(12-14-21)6-5-18-7-9-20(10-8-18)17-31-16-4-15-26(27,28)29/h7-14,31,37H,4,15-17H2,1-3H3,(H,30,35)(H,32,36)/t25-/m0/s1. The number of nitrogens with zero attached hydrogens (tertiary/aromatic N) is 1. The largest absolute Gasteiger partial charge is 0.389 e. The molecule has 0 aliphatic rings. The van der Waals surface area contributed by atoms with Crippen molar-refractivity contribution in [2.24, 2.45) is 0 Å². The number of hydrogen-bond acceptors (Lipinski definition) is 5. The minimum absolute atomic E-state index is 0.0269. The molecule has 2 aromatic carbocycles. The molecule has 0 spiro atoms. The third-order valence-electron chi connectivity index (χ3n) is 5.77. The van der Waals surface area contributed by atoms with E-state index in [1.54, 1.807) is 24.3 Å². The van der Waals surface area contributed by atoms with Crippen LogP contribution in [0.5, 0.6) is 0 Å². The summed E-state index contributed by atoms with van der Waals surface area (Å²) < 4.78 is 36.5. The van der Waals surface area contributed by atoms with Crippen molar-refractivity contribution in [1.29, 1.82) is 0 Å². The Hall–Kier alpha value is -3.88. The number of halogens is 3. The molecule has 2 rings (SSSR count). The Kier molecular flexibility index (Phi) is 10.2. The maximum Gasteiger partial charge on any atom is 0.389 e. The topological polar surface area (TPSA) is 111 Å². The van der Waals surface area contributed by atoms with Crippen LogP contribution in [0.4, 0.5) is 13.2 Å². The Morgan fingerprint density at radius 2 is 1.49 bits per heavy atom. The molecule has 1 atom stereocenters. The average Bonchev–Trinajstić information content (AvgIpc) is 2.89. The van der Waals surface area contributed by atoms with Crippen molar-refractivity contribution in [2.45, 2.75) is 38.0 Å². The van der Waals surface area contributed by atoms with E-state index in [0.717, 1.165) is 16.0 Å². The summed E-state index contributed by atoms with van der Waals surface area (Å²) in [6, 6.07) is 13.5. The van der Waals surface area contributed by atoms with E-state index >= 15 is 0 Å². The number of hydroxylamine groups is 1. The third kappa shape index (κ3) is 8.06. The van der Waals surface area contributed by atoms with Gasteiger partial charge in [0.15, 0.2) is 5.54 Å². The van der Waals surface area contributed by atoms with Crippen LogP contribution in [0.1, 0.15) is 46.8 Å². The molecule has 0 saturated carbocycles. The van der Waals surface area contributed by atoms with E-state index < -0.39 is 35.9 Å². The Bertz CT molecular complexity index is 1140. The number of benzene rings is 2. The Balaban J connectivity index is 2.01. The molecule has 8 nitrogen and oxygen atoms in total. The molecule has 0 saturated heterocycles. The monoisotopic (exact) mass is 518 g/mol. The number of hydrogen-bond donors (Lipinski definition) is 4. The van der Waals surface area contributed by atoms with Gasteiger partial charge in [-0.3, -0.25) is 19.6 Å². The lowest BCUT2D eigenvalue weighted by molar-refractivity contribution is -0.148. The second-order valence-electron chi connectivity index (χ2n) is 8.38. The molecule has 37 heavy (non-hydrogen) atoms. The molecule has 11 heteroatoms. The molecule has 0 aromatic heterocycles. The first-order valence-electron chi connectivity index (χ1n) is 11.4. The number of carbonyl (C=O) groups is 3. The van der Waals surface area contributed by atoms with Crippen LogP contribution in [-0.2, 0) is 16.1 Å². The molecule has 0 aliphatic carbocycles. The van der Waals surface area contributed by atoms with Crippen LogP contribution in [0, 0.1) is 11.8 Å². The summed E-state index contributed by atoms with van der Waals surface area (Å²) in [5, 5.41) is 14.3. The van der Waals surface area contributed by atoms with Gasteiger partial charge in [-0.05, 0) is 61.9 Å². The van der Waals surface area contributed by atoms with E-state index in [4.69, 9.17) is 5.21 Å². The third-order valence-corrected chi connectivity index (χ3v) is 5.77. The summed E-state index contributed by atoms with van der Waals surface area (Å²) >= 11 is 0. The summed E-state index contributed by atoms with van der Waals surface area (Å²) in [5.41, 5.74) is 1.92. The molecule has 198 valence electrons. The van der Waals surface area contributed by atoms with Gasteiger partial charge in [0.25, 0.3) is 17.7 Å². The number of likely N-dealkylation sites (N-methyl/N-ethyl adjacent to an activating group) is 2. The van der Waals surface area contributed by atoms with Gasteiger partial charge in [0.1, 0.15) is 0 Å². The molecule has 2 aromatic rings. The minimum Gasteiger partial charge on any atom is -0.357 e. The second-order valence-corrected chi connectivity index (χ2v) is 8.38. The maximum atomic E-state index is 12.9. The predicted octanol–water partition coefficient (Wildman–Crippen LogP) is 2.60. The van der Waals surface area contributed by atoms with Crippen molar-refractivity contribution in [2.75, 3.05) is 20.6 Å². The second kappa shape index (κ2) is 12.9. The zero-order valence-corrected chi connectivity index (χ0v) is 20.7. The molecule has 0 bridgehead atoms. The molecule has 0 heterocycles. The first-order chi connectivity index (χ1) is 17.4. The summed E-state index contributed by atoms with van der Waals surface area (Å²) in [6.45, 7) is 1.94. The van der Waals surface area contributed by atoms with Crippen molar-refractivity contribution in [3.05, 3.63) is 70.8 Å². The molecule has 0 radical (unpaired) electrons. The maximum absolute atomic E-state index is 12.9. The van der Waals surface area contributed by atoms with Gasteiger partial charge in [-0.2, -0.15) is 13.2 Å². The molecule has 0 aliphatic heterocycles. The molecule has 3 amide bonds.